The van der Waals surface area contributed by atoms with Crippen LogP contribution in [0.25, 0.3) is 0 Å². The molecule has 1 heterocycles. The van der Waals surface area contributed by atoms with Crippen LogP contribution in [0.15, 0.2) is 29.3 Å². The fourth-order valence-electron chi connectivity index (χ4n) is 3.59. The van der Waals surface area contributed by atoms with Crippen LogP contribution in [0.2, 0.25) is 0 Å². The number of hydrogen-bond donors (Lipinski definition) is 2. The van der Waals surface area contributed by atoms with Gasteiger partial charge >= 0.3 is 0 Å². The summed E-state index contributed by atoms with van der Waals surface area (Å²) in [6.07, 6.45) is 3.40. The minimum Gasteiger partial charge on any atom is -0.497 e. The average molecular weight is 388 g/mol. The number of benzene rings is 1. The van der Waals surface area contributed by atoms with E-state index in [1.807, 2.05) is 24.3 Å². The van der Waals surface area contributed by atoms with E-state index in [2.05, 4.69) is 25.4 Å². The molecule has 28 heavy (non-hydrogen) atoms. The van der Waals surface area contributed by atoms with Crippen LogP contribution in [0, 0.1) is 5.92 Å². The van der Waals surface area contributed by atoms with Gasteiger partial charge in [0.05, 0.1) is 7.11 Å². The lowest BCUT2D eigenvalue weighted by molar-refractivity contribution is -0.139. The molecular weight excluding hydrogens is 354 g/mol. The first-order chi connectivity index (χ1) is 13.7. The molecule has 2 fully saturated rings. The van der Waals surface area contributed by atoms with Crippen LogP contribution in [0.3, 0.4) is 0 Å². The fourth-order valence-corrected chi connectivity index (χ4v) is 3.59. The number of nitrogens with one attached hydrogen (secondary N) is 2. The third-order valence-electron chi connectivity index (χ3n) is 5.70. The molecule has 1 aromatic carbocycles. The number of ether oxygens (including phenoxy) is 1. The molecule has 1 saturated carbocycles. The molecule has 0 bridgehead atoms. The maximum absolute atomic E-state index is 12.3. The zero-order valence-corrected chi connectivity index (χ0v) is 17.1. The molecule has 7 nitrogen and oxygen atoms in total. The number of amides is 1. The van der Waals surface area contributed by atoms with Crippen LogP contribution in [-0.4, -0.2) is 75.1 Å². The Morgan fingerprint density at radius 3 is 2.43 bits per heavy atom. The van der Waals surface area contributed by atoms with Crippen LogP contribution in [-0.2, 0) is 11.3 Å². The number of rotatable bonds is 7. The van der Waals surface area contributed by atoms with Crippen LogP contribution >= 0.6 is 0 Å². The minimum absolute atomic E-state index is 0.313. The van der Waals surface area contributed by atoms with E-state index in [1.165, 1.54) is 12.0 Å². The third-order valence-corrected chi connectivity index (χ3v) is 5.70. The van der Waals surface area contributed by atoms with E-state index < -0.39 is 0 Å². The van der Waals surface area contributed by atoms with Gasteiger partial charge in [0.15, 0.2) is 5.96 Å². The Bertz CT molecular complexity index is 649. The smallest absolute Gasteiger partial charge is 0.225 e. The predicted molar refractivity (Wildman–Crippen MR) is 112 cm³/mol. The number of methoxy groups -OCH3 is 1. The van der Waals surface area contributed by atoms with Crippen molar-refractivity contribution in [3.8, 4) is 5.75 Å². The lowest BCUT2D eigenvalue weighted by Gasteiger charge is -2.38. The second kappa shape index (κ2) is 10.3. The molecule has 0 radical (unpaired) electrons. The summed E-state index contributed by atoms with van der Waals surface area (Å²) in [7, 11) is 3.46. The van der Waals surface area contributed by atoms with Gasteiger partial charge in [-0.1, -0.05) is 18.6 Å². The summed E-state index contributed by atoms with van der Waals surface area (Å²) in [5.74, 6) is 2.36. The molecule has 1 aliphatic carbocycles. The summed E-state index contributed by atoms with van der Waals surface area (Å²) in [5.41, 5.74) is 1.18. The van der Waals surface area contributed by atoms with Crippen molar-refractivity contribution >= 4 is 11.9 Å². The van der Waals surface area contributed by atoms with E-state index in [-0.39, 0.29) is 0 Å². The molecular formula is C21H33N5O2. The van der Waals surface area contributed by atoms with Crippen LogP contribution < -0.4 is 15.4 Å². The van der Waals surface area contributed by atoms with Crippen LogP contribution in [0.1, 0.15) is 24.8 Å². The van der Waals surface area contributed by atoms with Crippen molar-refractivity contribution in [1.29, 1.82) is 0 Å². The van der Waals surface area contributed by atoms with Gasteiger partial charge in [-0.2, -0.15) is 0 Å². The largest absolute Gasteiger partial charge is 0.497 e. The number of nitrogens with zero attached hydrogens (tertiary/aromatic N) is 3. The van der Waals surface area contributed by atoms with Crippen LogP contribution in [0.5, 0.6) is 5.75 Å². The SMILES string of the molecule is CN=C(NCCN1CCN(C(=O)C2CCC2)CC1)NCc1ccc(OC)cc1. The Hall–Kier alpha value is -2.28. The van der Waals surface area contributed by atoms with Crippen molar-refractivity contribution in [3.05, 3.63) is 29.8 Å². The van der Waals surface area contributed by atoms with Crippen LogP contribution in [0.4, 0.5) is 0 Å². The van der Waals surface area contributed by atoms with E-state index in [4.69, 9.17) is 4.74 Å². The minimum atomic E-state index is 0.313. The van der Waals surface area contributed by atoms with Gasteiger partial charge in [0.25, 0.3) is 0 Å². The predicted octanol–water partition coefficient (Wildman–Crippen LogP) is 1.30. The fraction of sp³-hybridized carbons (Fsp3) is 0.619. The maximum Gasteiger partial charge on any atom is 0.225 e. The molecule has 1 saturated heterocycles. The molecule has 1 aromatic rings. The van der Waals surface area contributed by atoms with Crippen molar-refractivity contribution in [2.24, 2.45) is 10.9 Å². The van der Waals surface area contributed by atoms with E-state index in [1.54, 1.807) is 14.2 Å². The standard InChI is InChI=1S/C21H33N5O2/c1-22-21(24-16-17-6-8-19(28-2)9-7-17)23-10-11-25-12-14-26(15-13-25)20(27)18-4-3-5-18/h6-9,18H,3-5,10-16H2,1-2H3,(H2,22,23,24). The Balaban J connectivity index is 1.31. The highest BCUT2D eigenvalue weighted by Gasteiger charge is 2.30. The maximum atomic E-state index is 12.3. The van der Waals surface area contributed by atoms with Crippen molar-refractivity contribution < 1.29 is 9.53 Å². The second-order valence-electron chi connectivity index (χ2n) is 7.50. The third kappa shape index (κ3) is 5.61. The van der Waals surface area contributed by atoms with Gasteiger partial charge < -0.3 is 20.3 Å². The summed E-state index contributed by atoms with van der Waals surface area (Å²) < 4.78 is 5.18. The molecule has 1 aliphatic heterocycles. The molecule has 2 aliphatic rings. The Kier molecular flexibility index (Phi) is 7.54. The lowest BCUT2D eigenvalue weighted by Crippen LogP contribution is -2.52. The molecule has 3 rings (SSSR count). The van der Waals surface area contributed by atoms with Crippen molar-refractivity contribution in [3.63, 3.8) is 0 Å². The van der Waals surface area contributed by atoms with Gasteiger partial charge in [-0.3, -0.25) is 14.7 Å². The van der Waals surface area contributed by atoms with E-state index in [0.29, 0.717) is 18.4 Å². The molecule has 0 aromatic heterocycles. The normalized spacial score (nSPS) is 18.5. The number of carbonyl (C=O) groups excluding carboxylic acids is 1. The van der Waals surface area contributed by atoms with Gasteiger partial charge in [0.2, 0.25) is 5.91 Å². The summed E-state index contributed by atoms with van der Waals surface area (Å²) in [6, 6.07) is 8.01. The van der Waals surface area contributed by atoms with Gasteiger partial charge in [0.1, 0.15) is 5.75 Å². The summed E-state index contributed by atoms with van der Waals surface area (Å²) in [4.78, 5) is 21.1. The Labute approximate surface area is 168 Å². The molecule has 154 valence electrons. The van der Waals surface area contributed by atoms with Gasteiger partial charge in [-0.15, -0.1) is 0 Å². The van der Waals surface area contributed by atoms with Gasteiger partial charge in [0, 0.05) is 58.8 Å². The topological polar surface area (TPSA) is 69.2 Å². The number of piperazine rings is 1. The van der Waals surface area contributed by atoms with Crippen molar-refractivity contribution in [2.45, 2.75) is 25.8 Å². The number of guanidine groups is 1. The van der Waals surface area contributed by atoms with E-state index in [0.717, 1.165) is 63.8 Å². The number of carbonyl (C=O) groups is 1. The highest BCUT2D eigenvalue weighted by Crippen LogP contribution is 2.28. The zero-order valence-electron chi connectivity index (χ0n) is 17.1. The molecule has 7 heteroatoms. The van der Waals surface area contributed by atoms with Crippen molar-refractivity contribution in [2.75, 3.05) is 53.4 Å². The average Bonchev–Trinajstić information content (AvgIpc) is 2.70. The molecule has 0 spiro atoms. The first-order valence-corrected chi connectivity index (χ1v) is 10.3. The van der Waals surface area contributed by atoms with E-state index in [9.17, 15) is 4.79 Å². The lowest BCUT2D eigenvalue weighted by atomic mass is 9.84. The molecule has 2 N–H and O–H groups in total. The second-order valence-corrected chi connectivity index (χ2v) is 7.50. The van der Waals surface area contributed by atoms with Gasteiger partial charge in [-0.05, 0) is 30.5 Å². The molecule has 0 atom stereocenters. The number of aliphatic imine (C=N–C) groups is 1. The summed E-state index contributed by atoms with van der Waals surface area (Å²) in [5, 5.41) is 6.71. The highest BCUT2D eigenvalue weighted by atomic mass is 16.5. The first kappa shape index (κ1) is 20.5. The molecule has 1 amide bonds. The number of hydrogen-bond acceptors (Lipinski definition) is 4. The first-order valence-electron chi connectivity index (χ1n) is 10.3. The van der Waals surface area contributed by atoms with E-state index >= 15 is 0 Å². The molecule has 0 unspecified atom stereocenters. The highest BCUT2D eigenvalue weighted by molar-refractivity contribution is 5.80. The Morgan fingerprint density at radius 2 is 1.86 bits per heavy atom. The monoisotopic (exact) mass is 387 g/mol. The zero-order chi connectivity index (χ0) is 19.8. The summed E-state index contributed by atoms with van der Waals surface area (Å²) >= 11 is 0. The Morgan fingerprint density at radius 1 is 1.14 bits per heavy atom. The van der Waals surface area contributed by atoms with Gasteiger partial charge in [-0.25, -0.2) is 0 Å². The quantitative estimate of drug-likeness (QED) is 0.545. The summed E-state index contributed by atoms with van der Waals surface area (Å²) in [6.45, 7) is 6.13. The van der Waals surface area contributed by atoms with Crippen molar-refractivity contribution in [1.82, 2.24) is 20.4 Å².